The van der Waals surface area contributed by atoms with Crippen LogP contribution in [0.3, 0.4) is 0 Å². The number of amidine groups is 1. The summed E-state index contributed by atoms with van der Waals surface area (Å²) in [6, 6.07) is 19.0. The van der Waals surface area contributed by atoms with Crippen molar-refractivity contribution in [1.29, 1.82) is 5.41 Å². The van der Waals surface area contributed by atoms with E-state index < -0.39 is 17.8 Å². The number of hydrogen-bond donors (Lipinski definition) is 4. The summed E-state index contributed by atoms with van der Waals surface area (Å²) in [5, 5.41) is 13.8. The number of amides is 1. The first-order chi connectivity index (χ1) is 15.9. The number of anilines is 2. The fourth-order valence-corrected chi connectivity index (χ4v) is 3.29. The van der Waals surface area contributed by atoms with Gasteiger partial charge in [-0.3, -0.25) is 10.2 Å². The highest BCUT2D eigenvalue weighted by Gasteiger charge is 2.24. The van der Waals surface area contributed by atoms with E-state index in [-0.39, 0.29) is 37.0 Å². The third-order valence-electron chi connectivity index (χ3n) is 4.99. The first kappa shape index (κ1) is 26.6. The van der Waals surface area contributed by atoms with Crippen LogP contribution in [0.15, 0.2) is 66.7 Å². The number of carbonyl (C=O) groups is 1. The molecule has 9 heteroatoms. The van der Waals surface area contributed by atoms with Gasteiger partial charge in [0.2, 0.25) is 0 Å². The van der Waals surface area contributed by atoms with Crippen molar-refractivity contribution in [1.82, 2.24) is 5.32 Å². The zero-order valence-corrected chi connectivity index (χ0v) is 19.7. The lowest BCUT2D eigenvalue weighted by atomic mass is 10.1. The fraction of sp³-hybridized carbons (Fsp3) is 0.200. The molecule has 0 aliphatic heterocycles. The van der Waals surface area contributed by atoms with Gasteiger partial charge >= 0.3 is 0 Å². The van der Waals surface area contributed by atoms with E-state index in [1.165, 1.54) is 19.2 Å². The van der Waals surface area contributed by atoms with Crippen molar-refractivity contribution in [2.24, 2.45) is 5.73 Å². The maximum Gasteiger partial charge on any atom is 0.254 e. The molecule has 3 aromatic carbocycles. The molecule has 0 aliphatic rings. The third kappa shape index (κ3) is 6.69. The number of rotatable bonds is 10. The average molecular weight is 487 g/mol. The lowest BCUT2D eigenvalue weighted by Gasteiger charge is -2.19. The van der Waals surface area contributed by atoms with Gasteiger partial charge in [-0.1, -0.05) is 30.3 Å². The molecule has 180 valence electrons. The Morgan fingerprint density at radius 3 is 2.47 bits per heavy atom. The number of halogens is 2. The van der Waals surface area contributed by atoms with Gasteiger partial charge in [0.25, 0.3) is 5.91 Å². The number of nitrogens with one attached hydrogen (secondary N) is 3. The predicted molar refractivity (Wildman–Crippen MR) is 134 cm³/mol. The van der Waals surface area contributed by atoms with Crippen molar-refractivity contribution in [3.8, 4) is 5.75 Å². The van der Waals surface area contributed by atoms with Crippen LogP contribution in [0, 0.1) is 11.2 Å². The number of ether oxygens (including phenoxy) is 2. The Kier molecular flexibility index (Phi) is 9.85. The second-order valence-electron chi connectivity index (χ2n) is 7.22. The molecular weight excluding hydrogens is 459 g/mol. The molecular formula is C25H28ClFN4O3. The molecule has 3 rings (SSSR count). The number of nitrogens with two attached hydrogens (primary N) is 1. The van der Waals surface area contributed by atoms with E-state index in [0.29, 0.717) is 17.0 Å². The number of carbonyl (C=O) groups excluding carboxylic acids is 1. The normalized spacial score (nSPS) is 11.1. The van der Waals surface area contributed by atoms with Crippen molar-refractivity contribution in [3.63, 3.8) is 0 Å². The zero-order chi connectivity index (χ0) is 23.8. The van der Waals surface area contributed by atoms with E-state index in [0.717, 1.165) is 11.3 Å². The van der Waals surface area contributed by atoms with Crippen LogP contribution in [0.2, 0.25) is 0 Å². The van der Waals surface area contributed by atoms with E-state index in [4.69, 9.17) is 20.6 Å². The van der Waals surface area contributed by atoms with E-state index in [9.17, 15) is 9.18 Å². The molecule has 0 aliphatic carbocycles. The van der Waals surface area contributed by atoms with E-state index in [1.54, 1.807) is 31.2 Å². The van der Waals surface area contributed by atoms with Crippen molar-refractivity contribution < 1.29 is 18.7 Å². The van der Waals surface area contributed by atoms with Crippen LogP contribution in [-0.4, -0.2) is 25.5 Å². The second-order valence-corrected chi connectivity index (χ2v) is 7.22. The van der Waals surface area contributed by atoms with Gasteiger partial charge in [-0.15, -0.1) is 12.4 Å². The van der Waals surface area contributed by atoms with Crippen LogP contribution in [0.4, 0.5) is 15.8 Å². The molecule has 0 radical (unpaired) electrons. The molecule has 1 atom stereocenters. The highest BCUT2D eigenvalue weighted by atomic mass is 35.5. The number of nitrogen functional groups attached to an aromatic ring is 1. The minimum atomic E-state index is -1.11. The first-order valence-corrected chi connectivity index (χ1v) is 10.4. The summed E-state index contributed by atoms with van der Waals surface area (Å²) in [5.41, 5.74) is 8.63. The molecule has 1 unspecified atom stereocenters. The number of methoxy groups -OCH3 is 1. The lowest BCUT2D eigenvalue weighted by molar-refractivity contribution is -0.133. The van der Waals surface area contributed by atoms with Gasteiger partial charge in [0, 0.05) is 41.7 Å². The summed E-state index contributed by atoms with van der Waals surface area (Å²) in [4.78, 5) is 12.9. The lowest BCUT2D eigenvalue weighted by Crippen LogP contribution is -2.31. The molecule has 34 heavy (non-hydrogen) atoms. The molecule has 0 heterocycles. The largest absolute Gasteiger partial charge is 0.497 e. The maximum absolute atomic E-state index is 14.6. The predicted octanol–water partition coefficient (Wildman–Crippen LogP) is 4.68. The quantitative estimate of drug-likeness (QED) is 0.246. The number of para-hydroxylation sites is 1. The van der Waals surface area contributed by atoms with Crippen LogP contribution >= 0.6 is 12.4 Å². The summed E-state index contributed by atoms with van der Waals surface area (Å²) in [6.45, 7) is 2.13. The molecule has 5 N–H and O–H groups in total. The smallest absolute Gasteiger partial charge is 0.254 e. The maximum atomic E-state index is 14.6. The summed E-state index contributed by atoms with van der Waals surface area (Å²) in [6.07, 6.45) is -1.11. The second kappa shape index (κ2) is 12.6. The highest BCUT2D eigenvalue weighted by molar-refractivity contribution is 5.96. The minimum absolute atomic E-state index is 0. The van der Waals surface area contributed by atoms with Crippen molar-refractivity contribution >= 4 is 35.5 Å². The van der Waals surface area contributed by atoms with E-state index in [2.05, 4.69) is 10.6 Å². The highest BCUT2D eigenvalue weighted by Crippen LogP contribution is 2.26. The van der Waals surface area contributed by atoms with Gasteiger partial charge in [0.15, 0.2) is 6.10 Å². The number of hydrogen-bond acceptors (Lipinski definition) is 5. The van der Waals surface area contributed by atoms with Crippen molar-refractivity contribution in [2.75, 3.05) is 19.0 Å². The molecule has 0 aromatic heterocycles. The zero-order valence-electron chi connectivity index (χ0n) is 18.9. The van der Waals surface area contributed by atoms with Gasteiger partial charge in [0.05, 0.1) is 7.11 Å². The SMILES string of the molecule is CCOC(C(=O)NCc1ccc(C(=N)N)cc1Nc1ccccc1)c1ccc(OC)cc1F.Cl. The molecule has 0 bridgehead atoms. The van der Waals surface area contributed by atoms with Crippen molar-refractivity contribution in [3.05, 3.63) is 89.2 Å². The van der Waals surface area contributed by atoms with Crippen LogP contribution < -0.4 is 21.1 Å². The van der Waals surface area contributed by atoms with Gasteiger partial charge < -0.3 is 25.8 Å². The summed E-state index contributed by atoms with van der Waals surface area (Å²) < 4.78 is 25.2. The standard InChI is InChI=1S/C25H27FN4O3.ClH/c1-3-33-23(20-12-11-19(32-2)14-21(20)26)25(31)29-15-17-10-9-16(24(27)28)13-22(17)30-18-7-5-4-6-8-18;/h4-14,23,30H,3,15H2,1-2H3,(H3,27,28)(H,29,31);1H. The Morgan fingerprint density at radius 1 is 1.12 bits per heavy atom. The molecule has 0 spiro atoms. The number of benzene rings is 3. The Bertz CT molecular complexity index is 1130. The summed E-state index contributed by atoms with van der Waals surface area (Å²) in [5.74, 6) is -0.760. The average Bonchev–Trinajstić information content (AvgIpc) is 2.82. The third-order valence-corrected chi connectivity index (χ3v) is 4.99. The molecule has 3 aromatic rings. The molecule has 0 saturated carbocycles. The van der Waals surface area contributed by atoms with Gasteiger partial charge in [-0.2, -0.15) is 0 Å². The summed E-state index contributed by atoms with van der Waals surface area (Å²) >= 11 is 0. The van der Waals surface area contributed by atoms with E-state index in [1.807, 2.05) is 30.3 Å². The van der Waals surface area contributed by atoms with E-state index >= 15 is 0 Å². The van der Waals surface area contributed by atoms with Crippen molar-refractivity contribution in [2.45, 2.75) is 19.6 Å². The summed E-state index contributed by atoms with van der Waals surface area (Å²) in [7, 11) is 1.44. The molecule has 7 nitrogen and oxygen atoms in total. The van der Waals surface area contributed by atoms with Crippen LogP contribution in [0.1, 0.15) is 29.7 Å². The Morgan fingerprint density at radius 2 is 1.85 bits per heavy atom. The van der Waals surface area contributed by atoms with Gasteiger partial charge in [0.1, 0.15) is 17.4 Å². The minimum Gasteiger partial charge on any atom is -0.497 e. The van der Waals surface area contributed by atoms with Gasteiger partial charge in [-0.05, 0) is 42.8 Å². The molecule has 0 fully saturated rings. The van der Waals surface area contributed by atoms with Crippen LogP contribution in [0.5, 0.6) is 5.75 Å². The Hall–Kier alpha value is -3.62. The monoisotopic (exact) mass is 486 g/mol. The Labute approximate surface area is 204 Å². The molecule has 1 amide bonds. The Balaban J connectivity index is 0.00000408. The fourth-order valence-electron chi connectivity index (χ4n) is 3.29. The van der Waals surface area contributed by atoms with Crippen LogP contribution in [0.25, 0.3) is 0 Å². The van der Waals surface area contributed by atoms with Crippen LogP contribution in [-0.2, 0) is 16.1 Å². The topological polar surface area (TPSA) is 109 Å². The first-order valence-electron chi connectivity index (χ1n) is 10.4. The van der Waals surface area contributed by atoms with Gasteiger partial charge in [-0.25, -0.2) is 4.39 Å². The molecule has 0 saturated heterocycles.